The molecule has 0 aliphatic heterocycles. The van der Waals surface area contributed by atoms with Crippen molar-refractivity contribution in [3.05, 3.63) is 59.9 Å². The Bertz CT molecular complexity index is 804. The van der Waals surface area contributed by atoms with Crippen molar-refractivity contribution in [3.63, 3.8) is 0 Å². The highest BCUT2D eigenvalue weighted by Crippen LogP contribution is 2.14. The van der Waals surface area contributed by atoms with Crippen LogP contribution in [0.15, 0.2) is 48.5 Å². The average molecular weight is 386 g/mol. The van der Waals surface area contributed by atoms with E-state index in [1.165, 1.54) is 12.1 Å². The maximum absolute atomic E-state index is 13.1. The summed E-state index contributed by atoms with van der Waals surface area (Å²) >= 11 is 0. The van der Waals surface area contributed by atoms with Gasteiger partial charge in [0.05, 0.1) is 6.61 Å². The van der Waals surface area contributed by atoms with E-state index in [2.05, 4.69) is 10.6 Å². The van der Waals surface area contributed by atoms with E-state index in [-0.39, 0.29) is 29.6 Å². The molecule has 0 unspecified atom stereocenters. The van der Waals surface area contributed by atoms with E-state index in [0.29, 0.717) is 30.0 Å². The second-order valence-corrected chi connectivity index (χ2v) is 7.23. The molecule has 0 aromatic heterocycles. The molecule has 0 heterocycles. The smallest absolute Gasteiger partial charge is 0.251 e. The molecule has 2 aromatic carbocycles. The van der Waals surface area contributed by atoms with Gasteiger partial charge in [-0.25, -0.2) is 4.39 Å². The number of hydrogen-bond donors (Lipinski definition) is 2. The molecule has 0 spiro atoms. The van der Waals surface area contributed by atoms with Crippen molar-refractivity contribution in [3.8, 4) is 5.75 Å². The van der Waals surface area contributed by atoms with Gasteiger partial charge >= 0.3 is 0 Å². The Morgan fingerprint density at radius 3 is 2.46 bits per heavy atom. The number of carbonyl (C=O) groups is 2. The number of hydrogen-bond acceptors (Lipinski definition) is 3. The first kappa shape index (κ1) is 21.4. The van der Waals surface area contributed by atoms with Crippen molar-refractivity contribution < 1.29 is 18.7 Å². The lowest BCUT2D eigenvalue weighted by Gasteiger charge is -2.24. The number of amides is 2. The molecular formula is C22H27FN2O3. The highest BCUT2D eigenvalue weighted by molar-refractivity contribution is 5.96. The van der Waals surface area contributed by atoms with E-state index >= 15 is 0 Å². The fraction of sp³-hybridized carbons (Fsp3) is 0.364. The van der Waals surface area contributed by atoms with Crippen LogP contribution in [0.3, 0.4) is 0 Å². The van der Waals surface area contributed by atoms with Gasteiger partial charge in [-0.1, -0.05) is 13.0 Å². The van der Waals surface area contributed by atoms with Gasteiger partial charge in [-0.2, -0.15) is 0 Å². The Kier molecular flexibility index (Phi) is 7.55. The van der Waals surface area contributed by atoms with Crippen LogP contribution >= 0.6 is 0 Å². The van der Waals surface area contributed by atoms with Crippen LogP contribution in [0.2, 0.25) is 0 Å². The quantitative estimate of drug-likeness (QED) is 0.622. The van der Waals surface area contributed by atoms with Crippen molar-refractivity contribution in [2.75, 3.05) is 11.9 Å². The lowest BCUT2D eigenvalue weighted by Crippen LogP contribution is -2.42. The predicted molar refractivity (Wildman–Crippen MR) is 108 cm³/mol. The highest BCUT2D eigenvalue weighted by atomic mass is 19.1. The average Bonchev–Trinajstić information content (AvgIpc) is 2.65. The summed E-state index contributed by atoms with van der Waals surface area (Å²) in [6, 6.07) is 12.7. The molecule has 0 atom stereocenters. The van der Waals surface area contributed by atoms with E-state index in [4.69, 9.17) is 4.74 Å². The van der Waals surface area contributed by atoms with Crippen LogP contribution in [-0.4, -0.2) is 24.0 Å². The number of rotatable bonds is 9. The Hall–Kier alpha value is -2.89. The van der Waals surface area contributed by atoms with Gasteiger partial charge in [0.25, 0.3) is 5.91 Å². The molecule has 2 aromatic rings. The van der Waals surface area contributed by atoms with Crippen molar-refractivity contribution in [2.45, 2.75) is 45.6 Å². The van der Waals surface area contributed by atoms with E-state index in [9.17, 15) is 14.0 Å². The van der Waals surface area contributed by atoms with Crippen LogP contribution in [0.1, 0.15) is 50.4 Å². The fourth-order valence-corrected chi connectivity index (χ4v) is 2.38. The minimum atomic E-state index is -0.356. The summed E-state index contributed by atoms with van der Waals surface area (Å²) < 4.78 is 18.5. The van der Waals surface area contributed by atoms with Crippen LogP contribution in [0.25, 0.3) is 0 Å². The molecule has 0 fully saturated rings. The van der Waals surface area contributed by atoms with Crippen molar-refractivity contribution >= 4 is 17.5 Å². The highest BCUT2D eigenvalue weighted by Gasteiger charge is 2.18. The molecule has 28 heavy (non-hydrogen) atoms. The summed E-state index contributed by atoms with van der Waals surface area (Å²) in [5.41, 5.74) is 0.905. The SMILES string of the molecule is CCC(C)(C)NC(=O)c1ccc(NC(=O)CCCOc2cccc(F)c2)cc1. The molecule has 0 aliphatic carbocycles. The normalized spacial score (nSPS) is 11.0. The molecule has 0 radical (unpaired) electrons. The van der Waals surface area contributed by atoms with Crippen molar-refractivity contribution in [1.29, 1.82) is 0 Å². The minimum absolute atomic E-state index is 0.140. The lowest BCUT2D eigenvalue weighted by molar-refractivity contribution is -0.116. The number of anilines is 1. The largest absolute Gasteiger partial charge is 0.493 e. The molecule has 150 valence electrons. The van der Waals surface area contributed by atoms with E-state index in [0.717, 1.165) is 6.42 Å². The number of benzene rings is 2. The van der Waals surface area contributed by atoms with Gasteiger partial charge in [0, 0.05) is 29.3 Å². The third-order valence-electron chi connectivity index (χ3n) is 4.38. The Morgan fingerprint density at radius 1 is 1.11 bits per heavy atom. The van der Waals surface area contributed by atoms with Gasteiger partial charge in [0.1, 0.15) is 11.6 Å². The second kappa shape index (κ2) is 9.88. The third kappa shape index (κ3) is 7.02. The first-order valence-electron chi connectivity index (χ1n) is 9.40. The van der Waals surface area contributed by atoms with Crippen LogP contribution in [-0.2, 0) is 4.79 Å². The number of carbonyl (C=O) groups excluding carboxylic acids is 2. The first-order valence-corrected chi connectivity index (χ1v) is 9.40. The van der Waals surface area contributed by atoms with Gasteiger partial charge in [-0.3, -0.25) is 9.59 Å². The predicted octanol–water partition coefficient (Wildman–Crippen LogP) is 4.54. The van der Waals surface area contributed by atoms with E-state index < -0.39 is 0 Å². The van der Waals surface area contributed by atoms with Crippen molar-refractivity contribution in [2.24, 2.45) is 0 Å². The summed E-state index contributed by atoms with van der Waals surface area (Å²) in [6.45, 7) is 6.28. The monoisotopic (exact) mass is 386 g/mol. The number of halogens is 1. The molecule has 2 N–H and O–H groups in total. The second-order valence-electron chi connectivity index (χ2n) is 7.23. The molecule has 0 saturated heterocycles. The zero-order valence-corrected chi connectivity index (χ0v) is 16.5. The molecule has 2 amide bonds. The van der Waals surface area contributed by atoms with Crippen LogP contribution in [0.5, 0.6) is 5.75 Å². The zero-order chi connectivity index (χ0) is 20.6. The summed E-state index contributed by atoms with van der Waals surface area (Å²) in [6.07, 6.45) is 1.62. The Balaban J connectivity index is 1.75. The van der Waals surface area contributed by atoms with Gasteiger partial charge in [-0.15, -0.1) is 0 Å². The van der Waals surface area contributed by atoms with Gasteiger partial charge in [-0.05, 0) is 63.1 Å². The number of ether oxygens (including phenoxy) is 1. The lowest BCUT2D eigenvalue weighted by atomic mass is 10.0. The molecule has 5 nitrogen and oxygen atoms in total. The summed E-state index contributed by atoms with van der Waals surface area (Å²) in [4.78, 5) is 24.2. The Morgan fingerprint density at radius 2 is 1.82 bits per heavy atom. The van der Waals surface area contributed by atoms with Gasteiger partial charge < -0.3 is 15.4 Å². The standard InChI is InChI=1S/C22H27FN2O3/c1-4-22(2,3)25-21(27)16-10-12-18(13-11-16)24-20(26)9-6-14-28-19-8-5-7-17(23)15-19/h5,7-8,10-13,15H,4,6,9,14H2,1-3H3,(H,24,26)(H,25,27). The maximum Gasteiger partial charge on any atom is 0.251 e. The molecule has 0 saturated carbocycles. The first-order chi connectivity index (χ1) is 13.3. The summed E-state index contributed by atoms with van der Waals surface area (Å²) in [7, 11) is 0. The van der Waals surface area contributed by atoms with Crippen LogP contribution in [0.4, 0.5) is 10.1 Å². The van der Waals surface area contributed by atoms with Gasteiger partial charge in [0.15, 0.2) is 0 Å². The molecule has 6 heteroatoms. The Labute approximate surface area is 165 Å². The van der Waals surface area contributed by atoms with Crippen LogP contribution < -0.4 is 15.4 Å². The summed E-state index contributed by atoms with van der Waals surface area (Å²) in [5, 5.41) is 5.76. The topological polar surface area (TPSA) is 67.4 Å². The molecule has 0 aliphatic rings. The molecular weight excluding hydrogens is 359 g/mol. The summed E-state index contributed by atoms with van der Waals surface area (Å²) in [5.74, 6) is -0.197. The van der Waals surface area contributed by atoms with Crippen molar-refractivity contribution in [1.82, 2.24) is 5.32 Å². The minimum Gasteiger partial charge on any atom is -0.493 e. The zero-order valence-electron chi connectivity index (χ0n) is 16.5. The molecule has 0 bridgehead atoms. The number of nitrogens with one attached hydrogen (secondary N) is 2. The van der Waals surface area contributed by atoms with E-state index in [1.54, 1.807) is 36.4 Å². The third-order valence-corrected chi connectivity index (χ3v) is 4.38. The molecule has 2 rings (SSSR count). The van der Waals surface area contributed by atoms with Crippen LogP contribution in [0, 0.1) is 5.82 Å². The maximum atomic E-state index is 13.1. The fourth-order valence-electron chi connectivity index (χ4n) is 2.38. The van der Waals surface area contributed by atoms with E-state index in [1.807, 2.05) is 20.8 Å². The van der Waals surface area contributed by atoms with Gasteiger partial charge in [0.2, 0.25) is 5.91 Å².